The van der Waals surface area contributed by atoms with Crippen molar-refractivity contribution in [1.82, 2.24) is 5.32 Å². The van der Waals surface area contributed by atoms with Crippen molar-refractivity contribution in [2.45, 2.75) is 6.92 Å². The van der Waals surface area contributed by atoms with Gasteiger partial charge in [0.05, 0.1) is 0 Å². The molecule has 3 aromatic carbocycles. The third-order valence-corrected chi connectivity index (χ3v) is 5.91. The van der Waals surface area contributed by atoms with Crippen LogP contribution in [0.2, 0.25) is 0 Å². The number of amides is 2. The van der Waals surface area contributed by atoms with E-state index in [-0.39, 0.29) is 5.91 Å². The molecule has 1 saturated heterocycles. The summed E-state index contributed by atoms with van der Waals surface area (Å²) in [4.78, 5) is 40.6. The van der Waals surface area contributed by atoms with Gasteiger partial charge in [-0.1, -0.05) is 18.2 Å². The Balaban J connectivity index is 1.47. The number of benzene rings is 3. The van der Waals surface area contributed by atoms with E-state index in [1.54, 1.807) is 54.6 Å². The Kier molecular flexibility index (Phi) is 7.42. The monoisotopic (exact) mass is 472 g/mol. The van der Waals surface area contributed by atoms with Gasteiger partial charge in [0.1, 0.15) is 6.54 Å². The van der Waals surface area contributed by atoms with Crippen molar-refractivity contribution in [3.8, 4) is 0 Å². The molecule has 3 aromatic rings. The molecule has 0 unspecified atom stereocenters. The van der Waals surface area contributed by atoms with E-state index in [1.807, 2.05) is 25.1 Å². The van der Waals surface area contributed by atoms with E-state index in [0.29, 0.717) is 22.5 Å². The second-order valence-corrected chi connectivity index (χ2v) is 8.39. The molecular formula is C27H28N4O4. The summed E-state index contributed by atoms with van der Waals surface area (Å²) in [6, 6.07) is 20.8. The summed E-state index contributed by atoms with van der Waals surface area (Å²) in [5.74, 6) is -1.77. The first-order valence-electron chi connectivity index (χ1n) is 11.5. The van der Waals surface area contributed by atoms with Crippen LogP contribution < -0.4 is 20.4 Å². The number of nitrogens with zero attached hydrogens (tertiary/aromatic N) is 2. The number of aliphatic carboxylic acids is 1. The van der Waals surface area contributed by atoms with Gasteiger partial charge in [-0.15, -0.1) is 0 Å². The lowest BCUT2D eigenvalue weighted by atomic mass is 10.1. The number of aryl methyl sites for hydroxylation is 1. The molecule has 8 nitrogen and oxygen atoms in total. The van der Waals surface area contributed by atoms with Gasteiger partial charge in [-0.3, -0.25) is 19.3 Å². The molecule has 35 heavy (non-hydrogen) atoms. The molecule has 3 N–H and O–H groups in total. The quantitative estimate of drug-likeness (QED) is 0.487. The average Bonchev–Trinajstić information content (AvgIpc) is 2.88. The molecule has 4 rings (SSSR count). The van der Waals surface area contributed by atoms with Crippen molar-refractivity contribution in [1.29, 1.82) is 0 Å². The van der Waals surface area contributed by atoms with Crippen molar-refractivity contribution in [2.24, 2.45) is 0 Å². The second-order valence-electron chi connectivity index (χ2n) is 8.39. The summed E-state index contributed by atoms with van der Waals surface area (Å²) in [5, 5.41) is 15.5. The van der Waals surface area contributed by atoms with Crippen LogP contribution in [0.3, 0.4) is 0 Å². The lowest BCUT2D eigenvalue weighted by molar-refractivity contribution is -0.135. The van der Waals surface area contributed by atoms with E-state index < -0.39 is 18.4 Å². The Morgan fingerprint density at radius 1 is 0.943 bits per heavy atom. The summed E-state index contributed by atoms with van der Waals surface area (Å²) in [6.45, 7) is 5.29. The Morgan fingerprint density at radius 3 is 2.26 bits per heavy atom. The maximum atomic E-state index is 12.9. The molecule has 0 atom stereocenters. The Hall–Kier alpha value is -4.17. The minimum Gasteiger partial charge on any atom is -0.480 e. The van der Waals surface area contributed by atoms with Crippen molar-refractivity contribution >= 4 is 34.8 Å². The molecule has 8 heteroatoms. The number of carbonyl (C=O) groups excluding carboxylic acids is 2. The van der Waals surface area contributed by atoms with Crippen molar-refractivity contribution in [2.75, 3.05) is 47.8 Å². The van der Waals surface area contributed by atoms with Crippen LogP contribution in [0.5, 0.6) is 0 Å². The largest absolute Gasteiger partial charge is 0.480 e. The van der Waals surface area contributed by atoms with E-state index in [9.17, 15) is 19.5 Å². The third kappa shape index (κ3) is 5.85. The molecular weight excluding hydrogens is 444 g/mol. The highest BCUT2D eigenvalue weighted by atomic mass is 16.4. The van der Waals surface area contributed by atoms with Crippen LogP contribution in [-0.4, -0.2) is 55.6 Å². The SMILES string of the molecule is Cc1cc(C(=O)Nc2ccc(N(CC(=O)O)C(=O)c3ccccc3)cc2)ccc1N1CCNCC1. The fourth-order valence-electron chi connectivity index (χ4n) is 4.14. The molecule has 1 heterocycles. The number of hydrogen-bond acceptors (Lipinski definition) is 5. The van der Waals surface area contributed by atoms with Crippen molar-refractivity contribution in [3.05, 3.63) is 89.5 Å². The van der Waals surface area contributed by atoms with Gasteiger partial charge in [-0.25, -0.2) is 0 Å². The fraction of sp³-hybridized carbons (Fsp3) is 0.222. The Bertz CT molecular complexity index is 1210. The number of carboxylic acids is 1. The van der Waals surface area contributed by atoms with Crippen LogP contribution in [0.25, 0.3) is 0 Å². The predicted molar refractivity (Wildman–Crippen MR) is 136 cm³/mol. The van der Waals surface area contributed by atoms with E-state index in [0.717, 1.165) is 37.4 Å². The Morgan fingerprint density at radius 2 is 1.63 bits per heavy atom. The lowest BCUT2D eigenvalue weighted by Crippen LogP contribution is -2.43. The maximum Gasteiger partial charge on any atom is 0.323 e. The van der Waals surface area contributed by atoms with Crippen molar-refractivity contribution in [3.63, 3.8) is 0 Å². The number of hydrogen-bond donors (Lipinski definition) is 3. The molecule has 2 amide bonds. The van der Waals surface area contributed by atoms with Crippen LogP contribution in [0.15, 0.2) is 72.8 Å². The van der Waals surface area contributed by atoms with Gasteiger partial charge in [-0.05, 0) is 67.1 Å². The molecule has 0 aliphatic carbocycles. The zero-order valence-corrected chi connectivity index (χ0v) is 19.5. The first kappa shape index (κ1) is 24.0. The number of nitrogens with one attached hydrogen (secondary N) is 2. The zero-order chi connectivity index (χ0) is 24.8. The fourth-order valence-corrected chi connectivity index (χ4v) is 4.14. The normalized spacial score (nSPS) is 13.2. The van der Waals surface area contributed by atoms with Gasteiger partial charge in [-0.2, -0.15) is 0 Å². The van der Waals surface area contributed by atoms with Gasteiger partial charge >= 0.3 is 5.97 Å². The van der Waals surface area contributed by atoms with Gasteiger partial charge in [0, 0.05) is 54.4 Å². The Labute approximate surface area is 204 Å². The lowest BCUT2D eigenvalue weighted by Gasteiger charge is -2.30. The molecule has 0 bridgehead atoms. The van der Waals surface area contributed by atoms with Crippen LogP contribution in [-0.2, 0) is 4.79 Å². The highest BCUT2D eigenvalue weighted by molar-refractivity contribution is 6.08. The molecule has 1 aliphatic heterocycles. The van der Waals surface area contributed by atoms with Gasteiger partial charge in [0.2, 0.25) is 0 Å². The summed E-state index contributed by atoms with van der Waals surface area (Å²) < 4.78 is 0. The van der Waals surface area contributed by atoms with Gasteiger partial charge < -0.3 is 20.6 Å². The minimum absolute atomic E-state index is 0.240. The molecule has 1 aliphatic rings. The van der Waals surface area contributed by atoms with E-state index in [1.165, 1.54) is 4.90 Å². The predicted octanol–water partition coefficient (Wildman–Crippen LogP) is 3.39. The van der Waals surface area contributed by atoms with Crippen molar-refractivity contribution < 1.29 is 19.5 Å². The summed E-state index contributed by atoms with van der Waals surface area (Å²) in [5.41, 5.74) is 4.09. The van der Waals surface area contributed by atoms with Crippen LogP contribution in [0, 0.1) is 6.92 Å². The minimum atomic E-state index is -1.12. The van der Waals surface area contributed by atoms with E-state index in [2.05, 4.69) is 15.5 Å². The first-order chi connectivity index (χ1) is 16.9. The highest BCUT2D eigenvalue weighted by Gasteiger charge is 2.20. The zero-order valence-electron chi connectivity index (χ0n) is 19.5. The standard InChI is InChI=1S/C27H28N4O4/c1-19-17-21(7-12-24(19)30-15-13-28-14-16-30)26(34)29-22-8-10-23(11-9-22)31(18-25(32)33)27(35)20-5-3-2-4-6-20/h2-12,17,28H,13-16,18H2,1H3,(H,29,34)(H,32,33). The third-order valence-electron chi connectivity index (χ3n) is 5.91. The molecule has 0 radical (unpaired) electrons. The molecule has 0 saturated carbocycles. The molecule has 1 fully saturated rings. The number of rotatable bonds is 7. The maximum absolute atomic E-state index is 12.9. The number of anilines is 3. The molecule has 0 spiro atoms. The molecule has 180 valence electrons. The van der Waals surface area contributed by atoms with Gasteiger partial charge in [0.15, 0.2) is 0 Å². The molecule has 0 aromatic heterocycles. The van der Waals surface area contributed by atoms with E-state index >= 15 is 0 Å². The van der Waals surface area contributed by atoms with Gasteiger partial charge in [0.25, 0.3) is 11.8 Å². The summed E-state index contributed by atoms with van der Waals surface area (Å²) in [6.07, 6.45) is 0. The van der Waals surface area contributed by atoms with Crippen LogP contribution in [0.4, 0.5) is 17.1 Å². The van der Waals surface area contributed by atoms with Crippen LogP contribution in [0.1, 0.15) is 26.3 Å². The highest BCUT2D eigenvalue weighted by Crippen LogP contribution is 2.24. The second kappa shape index (κ2) is 10.8. The van der Waals surface area contributed by atoms with Crippen LogP contribution >= 0.6 is 0 Å². The summed E-state index contributed by atoms with van der Waals surface area (Å²) >= 11 is 0. The smallest absolute Gasteiger partial charge is 0.323 e. The topological polar surface area (TPSA) is 102 Å². The first-order valence-corrected chi connectivity index (χ1v) is 11.5. The summed E-state index contributed by atoms with van der Waals surface area (Å²) in [7, 11) is 0. The number of piperazine rings is 1. The number of carboxylic acid groups (broad SMARTS) is 1. The van der Waals surface area contributed by atoms with E-state index in [4.69, 9.17) is 0 Å². The number of carbonyl (C=O) groups is 3. The average molecular weight is 473 g/mol.